The number of sulfonamides is 1. The number of aromatic nitrogens is 3. The van der Waals surface area contributed by atoms with Gasteiger partial charge in [0.2, 0.25) is 14.8 Å². The van der Waals surface area contributed by atoms with E-state index in [9.17, 15) is 8.42 Å². The summed E-state index contributed by atoms with van der Waals surface area (Å²) in [7, 11) is -3.42. The summed E-state index contributed by atoms with van der Waals surface area (Å²) in [6.45, 7) is 6.08. The topological polar surface area (TPSA) is 64.6 Å². The van der Waals surface area contributed by atoms with E-state index >= 15 is 0 Å². The van der Waals surface area contributed by atoms with Gasteiger partial charge in [0.1, 0.15) is 6.33 Å². The zero-order chi connectivity index (χ0) is 19.0. The average Bonchev–Trinajstić information content (AvgIpc) is 3.28. The molecule has 0 spiro atoms. The summed E-state index contributed by atoms with van der Waals surface area (Å²) in [4.78, 5) is 1.74. The first-order valence-corrected chi connectivity index (χ1v) is 11.4. The van der Waals surface area contributed by atoms with Crippen molar-refractivity contribution in [2.75, 3.05) is 26.2 Å². The van der Waals surface area contributed by atoms with Crippen molar-refractivity contribution in [1.29, 1.82) is 0 Å². The third-order valence-corrected chi connectivity index (χ3v) is 7.99. The molecule has 4 rings (SSSR count). The second kappa shape index (κ2) is 7.46. The summed E-state index contributed by atoms with van der Waals surface area (Å²) >= 11 is 5.42. The van der Waals surface area contributed by atoms with Gasteiger partial charge in [-0.05, 0) is 61.7 Å². The molecule has 7 nitrogen and oxygen atoms in total. The summed E-state index contributed by atoms with van der Waals surface area (Å²) in [5.41, 5.74) is 2.49. The number of fused-ring (bicyclic) bond motifs is 1. The Bertz CT molecular complexity index is 987. The zero-order valence-corrected chi connectivity index (χ0v) is 17.2. The fourth-order valence-electron chi connectivity index (χ4n) is 3.97. The van der Waals surface area contributed by atoms with Gasteiger partial charge in [-0.3, -0.25) is 0 Å². The standard InChI is InChI=1S/C18H25N5O2S2/c1-2-21-13-19-23(18(21)26)14-20-8-10-22(11-9-20)27(24,25)17-7-6-15-4-3-5-16(15)12-17/h6-7,12-13H,2-5,8-11,14H2,1H3/p+1. The Balaban J connectivity index is 1.42. The SMILES string of the molecule is CCn1cnn(C[NH+]2CCN(S(=O)(=O)c3ccc4c(c3)CCC4)CC2)c1=S. The van der Waals surface area contributed by atoms with Crippen LogP contribution in [0.1, 0.15) is 24.5 Å². The Hall–Kier alpha value is -1.55. The number of benzene rings is 1. The van der Waals surface area contributed by atoms with E-state index < -0.39 is 10.0 Å². The molecule has 0 saturated carbocycles. The quantitative estimate of drug-likeness (QED) is 0.731. The molecule has 1 N–H and O–H groups in total. The van der Waals surface area contributed by atoms with Crippen molar-refractivity contribution < 1.29 is 13.3 Å². The molecule has 2 heterocycles. The summed E-state index contributed by atoms with van der Waals surface area (Å²) in [6, 6.07) is 5.64. The molecule has 0 unspecified atom stereocenters. The van der Waals surface area contributed by atoms with E-state index in [2.05, 4.69) is 5.10 Å². The van der Waals surface area contributed by atoms with Gasteiger partial charge in [-0.2, -0.15) is 14.1 Å². The van der Waals surface area contributed by atoms with Gasteiger partial charge >= 0.3 is 0 Å². The molecule has 9 heteroatoms. The Morgan fingerprint density at radius 1 is 1.19 bits per heavy atom. The molecule has 1 saturated heterocycles. The number of aryl methyl sites for hydroxylation is 3. The summed E-state index contributed by atoms with van der Waals surface area (Å²) in [5, 5.41) is 4.35. The number of nitrogens with one attached hydrogen (secondary N) is 1. The van der Waals surface area contributed by atoms with Crippen LogP contribution in [0.15, 0.2) is 29.4 Å². The van der Waals surface area contributed by atoms with Gasteiger partial charge in [0.15, 0.2) is 6.67 Å². The first-order valence-electron chi connectivity index (χ1n) is 9.57. The van der Waals surface area contributed by atoms with E-state index in [-0.39, 0.29) is 0 Å². The average molecular weight is 409 g/mol. The maximum absolute atomic E-state index is 13.0. The van der Waals surface area contributed by atoms with Crippen LogP contribution >= 0.6 is 12.2 Å². The van der Waals surface area contributed by atoms with Crippen LogP contribution in [-0.2, 0) is 36.1 Å². The molecule has 2 aliphatic rings. The molecule has 1 aromatic heterocycles. The number of hydrogen-bond donors (Lipinski definition) is 1. The van der Waals surface area contributed by atoms with Crippen molar-refractivity contribution in [3.8, 4) is 0 Å². The van der Waals surface area contributed by atoms with E-state index in [1.165, 1.54) is 16.0 Å². The third kappa shape index (κ3) is 3.61. The van der Waals surface area contributed by atoms with E-state index in [4.69, 9.17) is 12.2 Å². The summed E-state index contributed by atoms with van der Waals surface area (Å²) < 4.78 is 32.2. The normalized spacial score (nSPS) is 18.7. The molecule has 2 aromatic rings. The highest BCUT2D eigenvalue weighted by molar-refractivity contribution is 7.89. The molecule has 1 fully saturated rings. The Kier molecular flexibility index (Phi) is 5.19. The van der Waals surface area contributed by atoms with E-state index in [0.717, 1.165) is 43.7 Å². The number of rotatable bonds is 5. The number of quaternary nitrogens is 1. The van der Waals surface area contributed by atoms with Crippen LogP contribution in [0, 0.1) is 4.77 Å². The molecule has 1 aliphatic carbocycles. The highest BCUT2D eigenvalue weighted by Crippen LogP contribution is 2.26. The van der Waals surface area contributed by atoms with Gasteiger partial charge < -0.3 is 9.47 Å². The van der Waals surface area contributed by atoms with Gasteiger partial charge in [0, 0.05) is 6.54 Å². The van der Waals surface area contributed by atoms with Crippen molar-refractivity contribution in [2.45, 2.75) is 44.3 Å². The molecule has 1 aromatic carbocycles. The van der Waals surface area contributed by atoms with Crippen LogP contribution < -0.4 is 4.90 Å². The number of nitrogens with zero attached hydrogens (tertiary/aromatic N) is 4. The van der Waals surface area contributed by atoms with Gasteiger partial charge in [-0.25, -0.2) is 8.42 Å². The third-order valence-electron chi connectivity index (χ3n) is 5.65. The molecular formula is C18H26N5O2S2+. The Morgan fingerprint density at radius 3 is 2.63 bits per heavy atom. The molecule has 0 amide bonds. The maximum atomic E-state index is 13.0. The van der Waals surface area contributed by atoms with E-state index in [1.807, 2.05) is 28.3 Å². The van der Waals surface area contributed by atoms with Crippen molar-refractivity contribution in [3.05, 3.63) is 40.4 Å². The molecule has 27 heavy (non-hydrogen) atoms. The van der Waals surface area contributed by atoms with Crippen molar-refractivity contribution >= 4 is 22.2 Å². The van der Waals surface area contributed by atoms with Crippen LogP contribution in [0.25, 0.3) is 0 Å². The van der Waals surface area contributed by atoms with Crippen LogP contribution in [0.3, 0.4) is 0 Å². The summed E-state index contributed by atoms with van der Waals surface area (Å²) in [6.07, 6.45) is 4.93. The van der Waals surface area contributed by atoms with Crippen molar-refractivity contribution in [1.82, 2.24) is 18.7 Å². The Labute approximate surface area is 165 Å². The van der Waals surface area contributed by atoms with Gasteiger partial charge in [0.25, 0.3) is 0 Å². The predicted molar refractivity (Wildman–Crippen MR) is 105 cm³/mol. The fourth-order valence-corrected chi connectivity index (χ4v) is 5.75. The second-order valence-corrected chi connectivity index (χ2v) is 9.60. The van der Waals surface area contributed by atoms with Crippen LogP contribution in [0.5, 0.6) is 0 Å². The lowest BCUT2D eigenvalue weighted by molar-refractivity contribution is -0.926. The minimum absolute atomic E-state index is 0.440. The molecule has 1 aliphatic heterocycles. The van der Waals surface area contributed by atoms with Gasteiger partial charge in [0.05, 0.1) is 31.1 Å². The van der Waals surface area contributed by atoms with Crippen molar-refractivity contribution in [2.24, 2.45) is 0 Å². The van der Waals surface area contributed by atoms with Gasteiger partial charge in [-0.1, -0.05) is 6.07 Å². The van der Waals surface area contributed by atoms with E-state index in [0.29, 0.717) is 24.7 Å². The maximum Gasteiger partial charge on any atom is 0.243 e. The highest BCUT2D eigenvalue weighted by Gasteiger charge is 2.31. The van der Waals surface area contributed by atoms with Gasteiger partial charge in [-0.15, -0.1) is 0 Å². The first-order chi connectivity index (χ1) is 13.0. The lowest BCUT2D eigenvalue weighted by Gasteiger charge is -2.31. The first kappa shape index (κ1) is 18.8. The van der Waals surface area contributed by atoms with Crippen LogP contribution in [0.2, 0.25) is 0 Å². The molecule has 146 valence electrons. The molecule has 0 radical (unpaired) electrons. The second-order valence-electron chi connectivity index (χ2n) is 7.30. The van der Waals surface area contributed by atoms with Crippen molar-refractivity contribution in [3.63, 3.8) is 0 Å². The summed E-state index contributed by atoms with van der Waals surface area (Å²) in [5.74, 6) is 0. The lowest BCUT2D eigenvalue weighted by atomic mass is 10.1. The molecular weight excluding hydrogens is 382 g/mol. The highest BCUT2D eigenvalue weighted by atomic mass is 32.2. The fraction of sp³-hybridized carbons (Fsp3) is 0.556. The molecule has 0 bridgehead atoms. The molecule has 0 atom stereocenters. The monoisotopic (exact) mass is 408 g/mol. The Morgan fingerprint density at radius 2 is 1.93 bits per heavy atom. The zero-order valence-electron chi connectivity index (χ0n) is 15.6. The van der Waals surface area contributed by atoms with E-state index in [1.54, 1.807) is 16.7 Å². The number of hydrogen-bond acceptors (Lipinski definition) is 4. The number of piperazine rings is 1. The van der Waals surface area contributed by atoms with Crippen LogP contribution in [0.4, 0.5) is 0 Å². The van der Waals surface area contributed by atoms with Crippen LogP contribution in [-0.4, -0.2) is 53.2 Å². The predicted octanol–water partition coefficient (Wildman–Crippen LogP) is 0.470. The largest absolute Gasteiger partial charge is 0.314 e. The minimum Gasteiger partial charge on any atom is -0.314 e. The minimum atomic E-state index is -3.42. The lowest BCUT2D eigenvalue weighted by Crippen LogP contribution is -3.14. The smallest absolute Gasteiger partial charge is 0.243 e.